The van der Waals surface area contributed by atoms with E-state index in [-0.39, 0.29) is 5.96 Å². The summed E-state index contributed by atoms with van der Waals surface area (Å²) in [5.74, 6) is 0.841. The molecule has 0 saturated heterocycles. The van der Waals surface area contributed by atoms with Crippen LogP contribution in [0, 0.1) is 0 Å². The zero-order valence-corrected chi connectivity index (χ0v) is 22.1. The van der Waals surface area contributed by atoms with Gasteiger partial charge in [-0.1, -0.05) is 25.1 Å². The van der Waals surface area contributed by atoms with E-state index in [0.717, 1.165) is 40.6 Å². The Morgan fingerprint density at radius 1 is 1.14 bits per heavy atom. The summed E-state index contributed by atoms with van der Waals surface area (Å²) in [6, 6.07) is 7.92. The van der Waals surface area contributed by atoms with Crippen LogP contribution in [0.25, 0.3) is 21.9 Å². The number of carboxylic acid groups (broad SMARTS) is 1. The van der Waals surface area contributed by atoms with Gasteiger partial charge in [-0.3, -0.25) is 10.3 Å². The maximum absolute atomic E-state index is 12.5. The first-order valence-electron chi connectivity index (χ1n) is 12.1. The largest absolute Gasteiger partial charge is 0.463 e. The van der Waals surface area contributed by atoms with Crippen LogP contribution in [-0.4, -0.2) is 60.4 Å². The number of pyridine rings is 1. The number of ether oxygens (including phenoxy) is 1. The minimum Gasteiger partial charge on any atom is -0.463 e. The number of aryl methyl sites for hydroxylation is 1. The van der Waals surface area contributed by atoms with Crippen LogP contribution >= 0.6 is 0 Å². The third-order valence-corrected chi connectivity index (χ3v) is 5.46. The van der Waals surface area contributed by atoms with Crippen LogP contribution in [0.15, 0.2) is 35.5 Å². The Morgan fingerprint density at radius 2 is 1.83 bits per heavy atom. The molecule has 10 nitrogen and oxygen atoms in total. The van der Waals surface area contributed by atoms with Crippen LogP contribution < -0.4 is 5.32 Å². The standard InChI is InChI=1S/C26H36N6O4/c1-8-11-20-28-19-16-27-18-13-10-9-12-17(18)21(19)31(20)14-15-32(25(2,3)4)22(29-23(33)34)30-24(35)36-26(5,6)7/h9-10,12-13,16H,8,11,14-15H2,1-7H3,(H,33,34)(H,29,30,35). The van der Waals surface area contributed by atoms with Crippen molar-refractivity contribution in [3.8, 4) is 0 Å². The van der Waals surface area contributed by atoms with E-state index in [4.69, 9.17) is 9.72 Å². The predicted octanol–water partition coefficient (Wildman–Crippen LogP) is 5.20. The Hall–Kier alpha value is -3.69. The molecule has 3 rings (SSSR count). The monoisotopic (exact) mass is 496 g/mol. The van der Waals surface area contributed by atoms with E-state index in [1.54, 1.807) is 31.9 Å². The number of aromatic nitrogens is 3. The molecular weight excluding hydrogens is 460 g/mol. The zero-order valence-electron chi connectivity index (χ0n) is 22.1. The number of nitrogens with zero attached hydrogens (tertiary/aromatic N) is 5. The molecule has 0 aliphatic heterocycles. The molecule has 0 aliphatic carbocycles. The van der Waals surface area contributed by atoms with Crippen molar-refractivity contribution in [3.05, 3.63) is 36.3 Å². The number of alkyl carbamates (subject to hydrolysis) is 1. The molecule has 0 spiro atoms. The Bertz CT molecular complexity index is 1280. The smallest absolute Gasteiger partial charge is 0.434 e. The van der Waals surface area contributed by atoms with Gasteiger partial charge in [-0.2, -0.15) is 0 Å². The number of imidazole rings is 1. The number of rotatable bonds is 5. The van der Waals surface area contributed by atoms with Gasteiger partial charge >= 0.3 is 12.2 Å². The summed E-state index contributed by atoms with van der Waals surface area (Å²) in [6.07, 6.45) is 1.31. The topological polar surface area (TPSA) is 122 Å². The summed E-state index contributed by atoms with van der Waals surface area (Å²) in [7, 11) is 0. The minimum absolute atomic E-state index is 0.0859. The Morgan fingerprint density at radius 3 is 2.44 bits per heavy atom. The van der Waals surface area contributed by atoms with Gasteiger partial charge in [-0.05, 0) is 54.0 Å². The van der Waals surface area contributed by atoms with E-state index in [2.05, 4.69) is 26.8 Å². The van der Waals surface area contributed by atoms with E-state index in [0.29, 0.717) is 13.1 Å². The highest BCUT2D eigenvalue weighted by atomic mass is 16.6. The number of carbonyl (C=O) groups is 2. The molecule has 194 valence electrons. The van der Waals surface area contributed by atoms with Gasteiger partial charge in [0, 0.05) is 30.4 Å². The first-order valence-corrected chi connectivity index (χ1v) is 12.1. The molecule has 0 unspecified atom stereocenters. The van der Waals surface area contributed by atoms with Crippen molar-refractivity contribution in [2.24, 2.45) is 4.99 Å². The minimum atomic E-state index is -1.41. The summed E-state index contributed by atoms with van der Waals surface area (Å²) in [4.78, 5) is 38.9. The number of guanidine groups is 1. The molecule has 2 N–H and O–H groups in total. The number of fused-ring (bicyclic) bond motifs is 3. The highest BCUT2D eigenvalue weighted by Crippen LogP contribution is 2.26. The quantitative estimate of drug-likeness (QED) is 0.368. The fourth-order valence-corrected chi connectivity index (χ4v) is 4.07. The lowest BCUT2D eigenvalue weighted by atomic mass is 10.1. The van der Waals surface area contributed by atoms with E-state index >= 15 is 0 Å². The summed E-state index contributed by atoms with van der Waals surface area (Å²) in [5, 5.41) is 13.0. The van der Waals surface area contributed by atoms with E-state index in [1.807, 2.05) is 45.0 Å². The average Bonchev–Trinajstić information content (AvgIpc) is 3.09. The lowest BCUT2D eigenvalue weighted by Gasteiger charge is -2.38. The number of benzene rings is 1. The van der Waals surface area contributed by atoms with Crippen LogP contribution in [0.4, 0.5) is 9.59 Å². The van der Waals surface area contributed by atoms with Crippen molar-refractivity contribution in [1.82, 2.24) is 24.8 Å². The van der Waals surface area contributed by atoms with Gasteiger partial charge in [-0.15, -0.1) is 4.99 Å². The normalized spacial score (nSPS) is 12.7. The molecule has 0 atom stereocenters. The molecular formula is C26H36N6O4. The third-order valence-electron chi connectivity index (χ3n) is 5.46. The summed E-state index contributed by atoms with van der Waals surface area (Å²) >= 11 is 0. The first kappa shape index (κ1) is 26.9. The Labute approximate surface area is 211 Å². The molecule has 10 heteroatoms. The van der Waals surface area contributed by atoms with E-state index in [1.165, 1.54) is 0 Å². The molecule has 0 fully saturated rings. The van der Waals surface area contributed by atoms with Crippen molar-refractivity contribution in [2.45, 2.75) is 79.0 Å². The third kappa shape index (κ3) is 6.50. The number of hydrogen-bond acceptors (Lipinski definition) is 5. The van der Waals surface area contributed by atoms with E-state index in [9.17, 15) is 14.7 Å². The van der Waals surface area contributed by atoms with Crippen molar-refractivity contribution in [3.63, 3.8) is 0 Å². The van der Waals surface area contributed by atoms with Crippen molar-refractivity contribution in [1.29, 1.82) is 0 Å². The Balaban J connectivity index is 2.02. The second-order valence-corrected chi connectivity index (χ2v) is 10.6. The van der Waals surface area contributed by atoms with Gasteiger partial charge in [0.1, 0.15) is 16.9 Å². The average molecular weight is 497 g/mol. The number of aliphatic imine (C=N–C) groups is 1. The van der Waals surface area contributed by atoms with Gasteiger partial charge in [-0.25, -0.2) is 14.6 Å². The van der Waals surface area contributed by atoms with Gasteiger partial charge in [0.25, 0.3) is 0 Å². The molecule has 3 aromatic rings. The molecule has 0 aliphatic rings. The SMILES string of the molecule is CCCc1nc2cnc3ccccc3c2n1CCN(C(=NC(=O)O)NC(=O)OC(C)(C)C)C(C)(C)C. The van der Waals surface area contributed by atoms with Gasteiger partial charge < -0.3 is 19.3 Å². The number of nitrogens with one attached hydrogen (secondary N) is 1. The second kappa shape index (κ2) is 10.5. The van der Waals surface area contributed by atoms with Gasteiger partial charge in [0.05, 0.1) is 17.2 Å². The van der Waals surface area contributed by atoms with Crippen LogP contribution in [-0.2, 0) is 17.7 Å². The molecule has 2 heterocycles. The van der Waals surface area contributed by atoms with Gasteiger partial charge in [0.2, 0.25) is 5.96 Å². The molecule has 1 aromatic carbocycles. The number of para-hydroxylation sites is 1. The maximum Gasteiger partial charge on any atom is 0.434 e. The summed E-state index contributed by atoms with van der Waals surface area (Å²) < 4.78 is 7.51. The highest BCUT2D eigenvalue weighted by molar-refractivity contribution is 6.02. The van der Waals surface area contributed by atoms with Crippen molar-refractivity contribution in [2.75, 3.05) is 6.54 Å². The lowest BCUT2D eigenvalue weighted by molar-refractivity contribution is 0.0551. The van der Waals surface area contributed by atoms with E-state index < -0.39 is 23.3 Å². The summed E-state index contributed by atoms with van der Waals surface area (Å²) in [5.41, 5.74) is 1.36. The van der Waals surface area contributed by atoms with Crippen LogP contribution in [0.5, 0.6) is 0 Å². The molecule has 36 heavy (non-hydrogen) atoms. The molecule has 2 amide bonds. The lowest BCUT2D eigenvalue weighted by Crippen LogP contribution is -2.54. The number of hydrogen-bond donors (Lipinski definition) is 2. The van der Waals surface area contributed by atoms with Crippen molar-refractivity contribution < 1.29 is 19.4 Å². The molecule has 2 aromatic heterocycles. The first-order chi connectivity index (χ1) is 16.8. The Kier molecular flexibility index (Phi) is 7.86. The molecule has 0 bridgehead atoms. The maximum atomic E-state index is 12.5. The highest BCUT2D eigenvalue weighted by Gasteiger charge is 2.29. The van der Waals surface area contributed by atoms with Crippen LogP contribution in [0.1, 0.15) is 60.7 Å². The predicted molar refractivity (Wildman–Crippen MR) is 140 cm³/mol. The zero-order chi connectivity index (χ0) is 26.7. The summed E-state index contributed by atoms with van der Waals surface area (Å²) in [6.45, 7) is 14.0. The molecule has 0 saturated carbocycles. The fourth-order valence-electron chi connectivity index (χ4n) is 4.07. The van der Waals surface area contributed by atoms with Crippen LogP contribution in [0.2, 0.25) is 0 Å². The van der Waals surface area contributed by atoms with Crippen LogP contribution in [0.3, 0.4) is 0 Å². The molecule has 0 radical (unpaired) electrons. The second-order valence-electron chi connectivity index (χ2n) is 10.6. The number of carbonyl (C=O) groups excluding carboxylic acids is 1. The fraction of sp³-hybridized carbons (Fsp3) is 0.500. The number of amides is 2. The van der Waals surface area contributed by atoms with Gasteiger partial charge in [0.15, 0.2) is 0 Å². The van der Waals surface area contributed by atoms with Crippen molar-refractivity contribution >= 4 is 40.1 Å².